The molecule has 0 radical (unpaired) electrons. The fraction of sp³-hybridized carbons (Fsp3) is 0.200. The predicted octanol–water partition coefficient (Wildman–Crippen LogP) is 4.16. The highest BCUT2D eigenvalue weighted by atomic mass is 14.1. The maximum Gasteiger partial charge on any atom is -0.00931 e. The summed E-state index contributed by atoms with van der Waals surface area (Å²) in [5, 5.41) is 0. The summed E-state index contributed by atoms with van der Waals surface area (Å²) in [7, 11) is 0. The van der Waals surface area contributed by atoms with Crippen LogP contribution in [-0.4, -0.2) is 0 Å². The van der Waals surface area contributed by atoms with Gasteiger partial charge in [0.05, 0.1) is 0 Å². The molecule has 1 aromatic carbocycles. The lowest BCUT2D eigenvalue weighted by molar-refractivity contribution is 0.636. The van der Waals surface area contributed by atoms with Gasteiger partial charge in [0.25, 0.3) is 0 Å². The van der Waals surface area contributed by atoms with E-state index in [1.54, 1.807) is 0 Å². The average molecular weight is 198 g/mol. The van der Waals surface area contributed by atoms with E-state index in [-0.39, 0.29) is 0 Å². The lowest BCUT2D eigenvalue weighted by Gasteiger charge is -2.15. The van der Waals surface area contributed by atoms with Gasteiger partial charge < -0.3 is 0 Å². The molecule has 0 aliphatic heterocycles. The molecule has 1 aromatic rings. The number of benzene rings is 1. The molecule has 0 aliphatic carbocycles. The maximum absolute atomic E-state index is 4.02. The SMILES string of the molecule is C=CCC(Cc1ccccc1)C(=C)C=C. The smallest absolute Gasteiger partial charge is 0.00931 e. The molecular formula is C15H18. The summed E-state index contributed by atoms with van der Waals surface area (Å²) in [5.41, 5.74) is 2.44. The van der Waals surface area contributed by atoms with Crippen molar-refractivity contribution in [2.24, 2.45) is 5.92 Å². The van der Waals surface area contributed by atoms with Crippen LogP contribution in [0, 0.1) is 5.92 Å². The quantitative estimate of drug-likeness (QED) is 0.475. The highest BCUT2D eigenvalue weighted by Gasteiger charge is 2.09. The van der Waals surface area contributed by atoms with Gasteiger partial charge in [-0.2, -0.15) is 0 Å². The Hall–Kier alpha value is -1.56. The van der Waals surface area contributed by atoms with Gasteiger partial charge in [-0.05, 0) is 24.3 Å². The van der Waals surface area contributed by atoms with Crippen LogP contribution in [0.25, 0.3) is 0 Å². The lowest BCUT2D eigenvalue weighted by atomic mass is 9.90. The third-order valence-electron chi connectivity index (χ3n) is 2.56. The van der Waals surface area contributed by atoms with Crippen molar-refractivity contribution < 1.29 is 0 Å². The molecule has 0 N–H and O–H groups in total. The first-order valence-corrected chi connectivity index (χ1v) is 5.24. The van der Waals surface area contributed by atoms with Crippen LogP contribution in [0.1, 0.15) is 12.0 Å². The van der Waals surface area contributed by atoms with E-state index in [4.69, 9.17) is 0 Å². The number of hydrogen-bond acceptors (Lipinski definition) is 0. The Morgan fingerprint density at radius 3 is 2.40 bits per heavy atom. The molecule has 0 spiro atoms. The van der Waals surface area contributed by atoms with Crippen LogP contribution in [-0.2, 0) is 6.42 Å². The van der Waals surface area contributed by atoms with Gasteiger partial charge in [0, 0.05) is 0 Å². The summed E-state index contributed by atoms with van der Waals surface area (Å²) in [6.45, 7) is 11.6. The van der Waals surface area contributed by atoms with Crippen molar-refractivity contribution in [2.75, 3.05) is 0 Å². The zero-order valence-electron chi connectivity index (χ0n) is 9.15. The summed E-state index contributed by atoms with van der Waals surface area (Å²) in [6.07, 6.45) is 5.76. The molecular weight excluding hydrogens is 180 g/mol. The van der Waals surface area contributed by atoms with Crippen LogP contribution >= 0.6 is 0 Å². The van der Waals surface area contributed by atoms with E-state index in [2.05, 4.69) is 44.0 Å². The third kappa shape index (κ3) is 3.59. The maximum atomic E-state index is 4.02. The van der Waals surface area contributed by atoms with Crippen LogP contribution in [0.2, 0.25) is 0 Å². The first kappa shape index (κ1) is 11.5. The van der Waals surface area contributed by atoms with E-state index in [0.717, 1.165) is 18.4 Å². The second kappa shape index (κ2) is 6.02. The van der Waals surface area contributed by atoms with E-state index in [1.165, 1.54) is 5.56 Å². The zero-order valence-corrected chi connectivity index (χ0v) is 9.15. The molecule has 15 heavy (non-hydrogen) atoms. The van der Waals surface area contributed by atoms with Crippen molar-refractivity contribution in [3.05, 3.63) is 73.4 Å². The first-order chi connectivity index (χ1) is 7.27. The van der Waals surface area contributed by atoms with Gasteiger partial charge in [0.1, 0.15) is 0 Å². The van der Waals surface area contributed by atoms with Crippen molar-refractivity contribution in [1.29, 1.82) is 0 Å². The Morgan fingerprint density at radius 1 is 1.20 bits per heavy atom. The molecule has 1 unspecified atom stereocenters. The molecule has 78 valence electrons. The molecule has 0 fully saturated rings. The minimum Gasteiger partial charge on any atom is -0.103 e. The van der Waals surface area contributed by atoms with Gasteiger partial charge in [-0.15, -0.1) is 6.58 Å². The normalized spacial score (nSPS) is 11.7. The van der Waals surface area contributed by atoms with Crippen molar-refractivity contribution in [3.63, 3.8) is 0 Å². The third-order valence-corrected chi connectivity index (χ3v) is 2.56. The van der Waals surface area contributed by atoms with Gasteiger partial charge in [0.15, 0.2) is 0 Å². The Morgan fingerprint density at radius 2 is 1.87 bits per heavy atom. The molecule has 0 heterocycles. The van der Waals surface area contributed by atoms with E-state index >= 15 is 0 Å². The molecule has 0 nitrogen and oxygen atoms in total. The van der Waals surface area contributed by atoms with Crippen LogP contribution in [0.3, 0.4) is 0 Å². The second-order valence-electron chi connectivity index (χ2n) is 3.69. The van der Waals surface area contributed by atoms with Gasteiger partial charge >= 0.3 is 0 Å². The van der Waals surface area contributed by atoms with E-state index in [9.17, 15) is 0 Å². The first-order valence-electron chi connectivity index (χ1n) is 5.24. The van der Waals surface area contributed by atoms with Crippen molar-refractivity contribution >= 4 is 0 Å². The Labute approximate surface area is 92.6 Å². The fourth-order valence-corrected chi connectivity index (χ4v) is 1.63. The van der Waals surface area contributed by atoms with E-state index < -0.39 is 0 Å². The average Bonchev–Trinajstić information content (AvgIpc) is 2.29. The van der Waals surface area contributed by atoms with Gasteiger partial charge in [-0.1, -0.05) is 61.2 Å². The molecule has 0 amide bonds. The number of hydrogen-bond donors (Lipinski definition) is 0. The van der Waals surface area contributed by atoms with Gasteiger partial charge in [-0.3, -0.25) is 0 Å². The van der Waals surface area contributed by atoms with Gasteiger partial charge in [-0.25, -0.2) is 0 Å². The highest BCUT2D eigenvalue weighted by Crippen LogP contribution is 2.20. The van der Waals surface area contributed by atoms with Gasteiger partial charge in [0.2, 0.25) is 0 Å². The van der Waals surface area contributed by atoms with Crippen LogP contribution in [0.5, 0.6) is 0 Å². The van der Waals surface area contributed by atoms with Crippen molar-refractivity contribution in [1.82, 2.24) is 0 Å². The standard InChI is InChI=1S/C15H18/c1-4-9-15(13(3)5-2)12-14-10-7-6-8-11-14/h4-8,10-11,15H,1-3,9,12H2. The second-order valence-corrected chi connectivity index (χ2v) is 3.69. The zero-order chi connectivity index (χ0) is 11.1. The molecule has 1 atom stereocenters. The Kier molecular flexibility index (Phi) is 4.62. The monoisotopic (exact) mass is 198 g/mol. The molecule has 0 bridgehead atoms. The molecule has 1 rings (SSSR count). The van der Waals surface area contributed by atoms with Crippen LogP contribution < -0.4 is 0 Å². The molecule has 0 saturated heterocycles. The fourth-order valence-electron chi connectivity index (χ4n) is 1.63. The summed E-state index contributed by atoms with van der Waals surface area (Å²) in [4.78, 5) is 0. The number of allylic oxidation sites excluding steroid dienone is 3. The topological polar surface area (TPSA) is 0 Å². The molecule has 0 saturated carbocycles. The minimum absolute atomic E-state index is 0.433. The summed E-state index contributed by atoms with van der Waals surface area (Å²) >= 11 is 0. The Bertz CT molecular complexity index is 332. The van der Waals surface area contributed by atoms with Crippen LogP contribution in [0.4, 0.5) is 0 Å². The largest absolute Gasteiger partial charge is 0.103 e. The predicted molar refractivity (Wildman–Crippen MR) is 67.8 cm³/mol. The molecule has 0 aromatic heterocycles. The lowest BCUT2D eigenvalue weighted by Crippen LogP contribution is -2.04. The molecule has 0 aliphatic rings. The molecule has 0 heteroatoms. The van der Waals surface area contributed by atoms with E-state index in [0.29, 0.717) is 5.92 Å². The van der Waals surface area contributed by atoms with Crippen molar-refractivity contribution in [3.8, 4) is 0 Å². The van der Waals surface area contributed by atoms with Crippen LogP contribution in [0.15, 0.2) is 67.8 Å². The highest BCUT2D eigenvalue weighted by molar-refractivity contribution is 5.22. The summed E-state index contributed by atoms with van der Waals surface area (Å²) in [6, 6.07) is 10.5. The summed E-state index contributed by atoms with van der Waals surface area (Å²) in [5.74, 6) is 0.433. The minimum atomic E-state index is 0.433. The number of rotatable bonds is 6. The van der Waals surface area contributed by atoms with Crippen molar-refractivity contribution in [2.45, 2.75) is 12.8 Å². The summed E-state index contributed by atoms with van der Waals surface area (Å²) < 4.78 is 0. The van der Waals surface area contributed by atoms with E-state index in [1.807, 2.05) is 18.2 Å². The Balaban J connectivity index is 2.70.